The van der Waals surface area contributed by atoms with Crippen molar-refractivity contribution < 1.29 is 14.3 Å². The van der Waals surface area contributed by atoms with Crippen LogP contribution in [-0.4, -0.2) is 37.6 Å². The zero-order chi connectivity index (χ0) is 14.4. The van der Waals surface area contributed by atoms with Crippen molar-refractivity contribution in [3.63, 3.8) is 0 Å². The molecule has 0 aliphatic carbocycles. The summed E-state index contributed by atoms with van der Waals surface area (Å²) in [7, 11) is 0. The lowest BCUT2D eigenvalue weighted by molar-refractivity contribution is -0.121. The average Bonchev–Trinajstić information content (AvgIpc) is 2.46. The van der Waals surface area contributed by atoms with Gasteiger partial charge in [0.15, 0.2) is 0 Å². The van der Waals surface area contributed by atoms with Crippen LogP contribution in [0.25, 0.3) is 0 Å². The van der Waals surface area contributed by atoms with E-state index in [0.717, 1.165) is 25.0 Å². The van der Waals surface area contributed by atoms with E-state index < -0.39 is 0 Å². The van der Waals surface area contributed by atoms with Crippen molar-refractivity contribution in [3.05, 3.63) is 35.4 Å². The van der Waals surface area contributed by atoms with E-state index in [1.54, 1.807) is 12.1 Å². The molecule has 0 saturated carbocycles. The lowest BCUT2D eigenvalue weighted by Crippen LogP contribution is -2.45. The second-order valence-electron chi connectivity index (χ2n) is 4.98. The van der Waals surface area contributed by atoms with Gasteiger partial charge in [-0.2, -0.15) is 0 Å². The van der Waals surface area contributed by atoms with Crippen LogP contribution in [0.3, 0.4) is 0 Å². The van der Waals surface area contributed by atoms with Crippen LogP contribution in [0.4, 0.5) is 0 Å². The molecule has 2 N–H and O–H groups in total. The molecule has 2 rings (SSSR count). The molecule has 1 unspecified atom stereocenters. The van der Waals surface area contributed by atoms with Crippen molar-refractivity contribution in [1.29, 1.82) is 0 Å². The van der Waals surface area contributed by atoms with Crippen molar-refractivity contribution in [1.82, 2.24) is 10.6 Å². The number of nitrogens with one attached hydrogen (secondary N) is 2. The Balaban J connectivity index is 1.78. The first kappa shape index (κ1) is 14.5. The third-order valence-corrected chi connectivity index (χ3v) is 3.32. The van der Waals surface area contributed by atoms with Crippen LogP contribution >= 0.6 is 0 Å². The van der Waals surface area contributed by atoms with Gasteiger partial charge in [0, 0.05) is 12.2 Å². The molecule has 1 saturated heterocycles. The summed E-state index contributed by atoms with van der Waals surface area (Å²) in [5, 5.41) is 5.50. The lowest BCUT2D eigenvalue weighted by Gasteiger charge is -2.23. The first-order chi connectivity index (χ1) is 9.66. The molecule has 5 heteroatoms. The topological polar surface area (TPSA) is 67.4 Å². The second-order valence-corrected chi connectivity index (χ2v) is 4.98. The molecule has 0 bridgehead atoms. The summed E-state index contributed by atoms with van der Waals surface area (Å²) in [5.74, 6) is -0.402. The number of hydrogen-bond acceptors (Lipinski definition) is 3. The van der Waals surface area contributed by atoms with Gasteiger partial charge >= 0.3 is 0 Å². The Bertz CT molecular complexity index is 482. The van der Waals surface area contributed by atoms with E-state index in [-0.39, 0.29) is 24.4 Å². The molecule has 1 atom stereocenters. The maximum Gasteiger partial charge on any atom is 0.251 e. The van der Waals surface area contributed by atoms with Gasteiger partial charge < -0.3 is 15.4 Å². The molecule has 0 aromatic heterocycles. The smallest absolute Gasteiger partial charge is 0.251 e. The molecule has 1 heterocycles. The Morgan fingerprint density at radius 1 is 1.35 bits per heavy atom. The predicted molar refractivity (Wildman–Crippen MR) is 75.5 cm³/mol. The standard InChI is InChI=1S/C15H20N2O3/c1-11-5-2-3-7-13(11)15(19)16-9-14(18)17-12-6-4-8-20-10-12/h2-3,5,7,12H,4,6,8-10H2,1H3,(H,16,19)(H,17,18). The molecule has 1 fully saturated rings. The van der Waals surface area contributed by atoms with Gasteiger partial charge in [-0.1, -0.05) is 18.2 Å². The maximum atomic E-state index is 11.9. The van der Waals surface area contributed by atoms with Gasteiger partial charge in [0.2, 0.25) is 5.91 Å². The first-order valence-corrected chi connectivity index (χ1v) is 6.88. The highest BCUT2D eigenvalue weighted by molar-refractivity contribution is 5.97. The normalized spacial score (nSPS) is 18.4. The van der Waals surface area contributed by atoms with Crippen molar-refractivity contribution in [2.45, 2.75) is 25.8 Å². The number of ether oxygens (including phenoxy) is 1. The minimum atomic E-state index is -0.224. The predicted octanol–water partition coefficient (Wildman–Crippen LogP) is 1.02. The van der Waals surface area contributed by atoms with E-state index in [2.05, 4.69) is 10.6 Å². The van der Waals surface area contributed by atoms with Crippen molar-refractivity contribution >= 4 is 11.8 Å². The monoisotopic (exact) mass is 276 g/mol. The molecular formula is C15H20N2O3. The summed E-state index contributed by atoms with van der Waals surface area (Å²) < 4.78 is 5.29. The summed E-state index contributed by atoms with van der Waals surface area (Å²) in [6, 6.07) is 7.36. The molecule has 1 aromatic rings. The Hall–Kier alpha value is -1.88. The summed E-state index contributed by atoms with van der Waals surface area (Å²) in [5.41, 5.74) is 1.49. The van der Waals surface area contributed by atoms with Gasteiger partial charge in [0.25, 0.3) is 5.91 Å². The van der Waals surface area contributed by atoms with E-state index in [0.29, 0.717) is 12.2 Å². The highest BCUT2D eigenvalue weighted by Crippen LogP contribution is 2.07. The number of hydrogen-bond donors (Lipinski definition) is 2. The van der Waals surface area contributed by atoms with Gasteiger partial charge in [-0.15, -0.1) is 0 Å². The molecule has 1 aliphatic heterocycles. The maximum absolute atomic E-state index is 11.9. The van der Waals surface area contributed by atoms with Gasteiger partial charge in [0.1, 0.15) is 0 Å². The fourth-order valence-electron chi connectivity index (χ4n) is 2.22. The van der Waals surface area contributed by atoms with Gasteiger partial charge in [-0.05, 0) is 31.4 Å². The third-order valence-electron chi connectivity index (χ3n) is 3.32. The minimum absolute atomic E-state index is 0.0103. The molecule has 108 valence electrons. The third kappa shape index (κ3) is 4.06. The fraction of sp³-hybridized carbons (Fsp3) is 0.467. The number of amides is 2. The highest BCUT2D eigenvalue weighted by Gasteiger charge is 2.16. The molecular weight excluding hydrogens is 256 g/mol. The van der Waals surface area contributed by atoms with E-state index in [4.69, 9.17) is 4.74 Å². The van der Waals surface area contributed by atoms with E-state index >= 15 is 0 Å². The molecule has 2 amide bonds. The van der Waals surface area contributed by atoms with Crippen molar-refractivity contribution in [3.8, 4) is 0 Å². The fourth-order valence-corrected chi connectivity index (χ4v) is 2.22. The van der Waals surface area contributed by atoms with Crippen molar-refractivity contribution in [2.75, 3.05) is 19.8 Å². The Kier molecular flexibility index (Phi) is 5.12. The summed E-state index contributed by atoms with van der Waals surface area (Å²) in [6.45, 7) is 3.17. The van der Waals surface area contributed by atoms with Gasteiger partial charge in [-0.3, -0.25) is 9.59 Å². The lowest BCUT2D eigenvalue weighted by atomic mass is 10.1. The number of rotatable bonds is 4. The van der Waals surface area contributed by atoms with E-state index in [1.165, 1.54) is 0 Å². The molecule has 1 aromatic carbocycles. The van der Waals surface area contributed by atoms with Crippen molar-refractivity contribution in [2.24, 2.45) is 0 Å². The summed E-state index contributed by atoms with van der Waals surface area (Å²) in [4.78, 5) is 23.7. The van der Waals surface area contributed by atoms with Crippen LogP contribution in [0.1, 0.15) is 28.8 Å². The summed E-state index contributed by atoms with van der Waals surface area (Å²) >= 11 is 0. The van der Waals surface area contributed by atoms with Crippen LogP contribution < -0.4 is 10.6 Å². The SMILES string of the molecule is Cc1ccccc1C(=O)NCC(=O)NC1CCCOC1. The number of carbonyl (C=O) groups excluding carboxylic acids is 2. The number of benzene rings is 1. The van der Waals surface area contributed by atoms with Gasteiger partial charge in [0.05, 0.1) is 19.2 Å². The Morgan fingerprint density at radius 3 is 2.85 bits per heavy atom. The average molecular weight is 276 g/mol. The number of carbonyl (C=O) groups is 2. The van der Waals surface area contributed by atoms with Gasteiger partial charge in [-0.25, -0.2) is 0 Å². The Morgan fingerprint density at radius 2 is 2.15 bits per heavy atom. The Labute approximate surface area is 118 Å². The molecule has 20 heavy (non-hydrogen) atoms. The van der Waals surface area contributed by atoms with Crippen LogP contribution in [-0.2, 0) is 9.53 Å². The number of aryl methyl sites for hydroxylation is 1. The van der Waals surface area contributed by atoms with Crippen LogP contribution in [0.5, 0.6) is 0 Å². The first-order valence-electron chi connectivity index (χ1n) is 6.88. The van der Waals surface area contributed by atoms with E-state index in [1.807, 2.05) is 19.1 Å². The zero-order valence-corrected chi connectivity index (χ0v) is 11.6. The molecule has 1 aliphatic rings. The quantitative estimate of drug-likeness (QED) is 0.863. The molecule has 0 spiro atoms. The highest BCUT2D eigenvalue weighted by atomic mass is 16.5. The second kappa shape index (κ2) is 7.05. The van der Waals surface area contributed by atoms with E-state index in [9.17, 15) is 9.59 Å². The zero-order valence-electron chi connectivity index (χ0n) is 11.6. The van der Waals surface area contributed by atoms with Crippen LogP contribution in [0.2, 0.25) is 0 Å². The molecule has 0 radical (unpaired) electrons. The largest absolute Gasteiger partial charge is 0.379 e. The minimum Gasteiger partial charge on any atom is -0.379 e. The van der Waals surface area contributed by atoms with Crippen LogP contribution in [0.15, 0.2) is 24.3 Å². The summed E-state index contributed by atoms with van der Waals surface area (Å²) in [6.07, 6.45) is 1.89. The van der Waals surface area contributed by atoms with Crippen LogP contribution in [0, 0.1) is 6.92 Å². The molecule has 5 nitrogen and oxygen atoms in total.